The fraction of sp³-hybridized carbons (Fsp3) is 0.562. The first kappa shape index (κ1) is 17.1. The second-order valence-electron chi connectivity index (χ2n) is 6.94. The van der Waals surface area contributed by atoms with E-state index in [-0.39, 0.29) is 11.3 Å². The molecule has 0 bridgehead atoms. The highest BCUT2D eigenvalue weighted by Crippen LogP contribution is 2.16. The minimum Gasteiger partial charge on any atom is -0.341 e. The molecule has 0 saturated carbocycles. The topological polar surface area (TPSA) is 87.7 Å². The van der Waals surface area contributed by atoms with E-state index in [4.69, 9.17) is 0 Å². The van der Waals surface area contributed by atoms with Crippen LogP contribution in [0.4, 0.5) is 0 Å². The summed E-state index contributed by atoms with van der Waals surface area (Å²) in [5, 5.41) is 13.9. The molecule has 0 radical (unpaired) electrons. The summed E-state index contributed by atoms with van der Waals surface area (Å²) in [5.74, 6) is 0.727. The second kappa shape index (κ2) is 7.30. The maximum absolute atomic E-state index is 12.7. The number of aromatic nitrogens is 5. The zero-order valence-corrected chi connectivity index (χ0v) is 14.2. The highest BCUT2D eigenvalue weighted by molar-refractivity contribution is 5.78. The molecule has 0 spiro atoms. The number of nitrogens with one attached hydrogen (secondary N) is 1. The fourth-order valence-electron chi connectivity index (χ4n) is 2.39. The van der Waals surface area contributed by atoms with Crippen molar-refractivity contribution in [2.45, 2.75) is 40.5 Å². The lowest BCUT2D eigenvalue weighted by Gasteiger charge is -2.30. The van der Waals surface area contributed by atoms with Crippen LogP contribution >= 0.6 is 0 Å². The number of hydrogen-bond donors (Lipinski definition) is 1. The number of amides is 1. The molecule has 0 fully saturated rings. The average molecular weight is 316 g/mol. The van der Waals surface area contributed by atoms with Gasteiger partial charge in [-0.3, -0.25) is 9.78 Å². The van der Waals surface area contributed by atoms with Gasteiger partial charge in [0, 0.05) is 31.4 Å². The van der Waals surface area contributed by atoms with Crippen molar-refractivity contribution in [3.05, 3.63) is 35.4 Å². The van der Waals surface area contributed by atoms with E-state index in [0.717, 1.165) is 11.3 Å². The van der Waals surface area contributed by atoms with Gasteiger partial charge in [-0.15, -0.1) is 10.2 Å². The lowest BCUT2D eigenvalue weighted by Crippen LogP contribution is -2.40. The quantitative estimate of drug-likeness (QED) is 0.874. The van der Waals surface area contributed by atoms with Crippen LogP contribution in [-0.2, 0) is 17.6 Å². The van der Waals surface area contributed by atoms with Gasteiger partial charge >= 0.3 is 0 Å². The molecule has 0 aliphatic rings. The van der Waals surface area contributed by atoms with Crippen molar-refractivity contribution >= 4 is 5.91 Å². The second-order valence-corrected chi connectivity index (χ2v) is 6.94. The lowest BCUT2D eigenvalue weighted by molar-refractivity contribution is -0.131. The van der Waals surface area contributed by atoms with Crippen molar-refractivity contribution in [2.24, 2.45) is 5.41 Å². The Balaban J connectivity index is 2.03. The van der Waals surface area contributed by atoms with Gasteiger partial charge in [0.25, 0.3) is 0 Å². The molecule has 23 heavy (non-hydrogen) atoms. The third kappa shape index (κ3) is 5.77. The zero-order valence-electron chi connectivity index (χ0n) is 14.2. The minimum absolute atomic E-state index is 0.0288. The molecule has 2 aromatic rings. The number of aryl methyl sites for hydroxylation is 1. The van der Waals surface area contributed by atoms with E-state index in [1.165, 1.54) is 0 Å². The van der Waals surface area contributed by atoms with Gasteiger partial charge in [0.15, 0.2) is 5.82 Å². The molecule has 0 aliphatic carbocycles. The van der Waals surface area contributed by atoms with E-state index in [9.17, 15) is 4.79 Å². The number of carbonyl (C=O) groups excluding carboxylic acids is 1. The molecule has 2 rings (SSSR count). The Bertz CT molecular complexity index is 632. The van der Waals surface area contributed by atoms with Crippen molar-refractivity contribution in [3.8, 4) is 0 Å². The van der Waals surface area contributed by atoms with Crippen LogP contribution in [0.25, 0.3) is 0 Å². The highest BCUT2D eigenvalue weighted by Gasteiger charge is 2.21. The average Bonchev–Trinajstić information content (AvgIpc) is 2.95. The van der Waals surface area contributed by atoms with Crippen LogP contribution in [-0.4, -0.2) is 49.5 Å². The van der Waals surface area contributed by atoms with Gasteiger partial charge in [-0.1, -0.05) is 26.0 Å². The van der Waals surface area contributed by atoms with Crippen LogP contribution in [0.1, 0.15) is 37.9 Å². The number of rotatable bonds is 6. The van der Waals surface area contributed by atoms with E-state index in [1.54, 1.807) is 6.20 Å². The molecular weight excluding hydrogens is 292 g/mol. The summed E-state index contributed by atoms with van der Waals surface area (Å²) in [4.78, 5) is 18.8. The standard InChI is InChI=1S/C16H24N6O/c1-12-9-13(5-7-17-12)10-15(23)22(11-16(2,3)4)8-6-14-18-20-21-19-14/h5,7,9H,6,8,10-11H2,1-4H3,(H,18,19,20,21). The first-order valence-corrected chi connectivity index (χ1v) is 7.75. The minimum atomic E-state index is 0.0288. The Morgan fingerprint density at radius 1 is 1.35 bits per heavy atom. The van der Waals surface area contributed by atoms with E-state index >= 15 is 0 Å². The Labute approximate surface area is 136 Å². The molecule has 0 aliphatic heterocycles. The predicted molar refractivity (Wildman–Crippen MR) is 86.6 cm³/mol. The summed E-state index contributed by atoms with van der Waals surface area (Å²) in [6.45, 7) is 9.57. The molecular formula is C16H24N6O. The first-order chi connectivity index (χ1) is 10.8. The van der Waals surface area contributed by atoms with Crippen molar-refractivity contribution < 1.29 is 4.79 Å². The third-order valence-electron chi connectivity index (χ3n) is 3.33. The number of carbonyl (C=O) groups is 1. The zero-order chi connectivity index (χ0) is 16.9. The first-order valence-electron chi connectivity index (χ1n) is 7.75. The maximum Gasteiger partial charge on any atom is 0.227 e. The molecule has 1 N–H and O–H groups in total. The van der Waals surface area contributed by atoms with Crippen LogP contribution in [0.15, 0.2) is 18.3 Å². The smallest absolute Gasteiger partial charge is 0.227 e. The van der Waals surface area contributed by atoms with Crippen LogP contribution in [0.3, 0.4) is 0 Å². The molecule has 7 heteroatoms. The summed E-state index contributed by atoms with van der Waals surface area (Å²) in [5.41, 5.74) is 1.94. The fourth-order valence-corrected chi connectivity index (χ4v) is 2.39. The Kier molecular flexibility index (Phi) is 5.41. The van der Waals surface area contributed by atoms with E-state index in [0.29, 0.717) is 31.8 Å². The van der Waals surface area contributed by atoms with Gasteiger partial charge in [0.2, 0.25) is 5.91 Å². The Morgan fingerprint density at radius 3 is 2.74 bits per heavy atom. The molecule has 0 aromatic carbocycles. The highest BCUT2D eigenvalue weighted by atomic mass is 16.2. The molecule has 2 aromatic heterocycles. The lowest BCUT2D eigenvalue weighted by atomic mass is 9.95. The SMILES string of the molecule is Cc1cc(CC(=O)N(CCc2nn[nH]n2)CC(C)(C)C)ccn1. The molecule has 0 unspecified atom stereocenters. The van der Waals surface area contributed by atoms with Crippen molar-refractivity contribution in [3.63, 3.8) is 0 Å². The van der Waals surface area contributed by atoms with Crippen LogP contribution < -0.4 is 0 Å². The van der Waals surface area contributed by atoms with Gasteiger partial charge in [-0.25, -0.2) is 0 Å². The monoisotopic (exact) mass is 316 g/mol. The number of nitrogens with zero attached hydrogens (tertiary/aromatic N) is 5. The molecule has 2 heterocycles. The molecule has 124 valence electrons. The van der Waals surface area contributed by atoms with Crippen molar-refractivity contribution in [1.29, 1.82) is 0 Å². The number of pyridine rings is 1. The number of aromatic amines is 1. The summed E-state index contributed by atoms with van der Waals surface area (Å²) >= 11 is 0. The number of hydrogen-bond acceptors (Lipinski definition) is 5. The van der Waals surface area contributed by atoms with Crippen LogP contribution in [0, 0.1) is 12.3 Å². The van der Waals surface area contributed by atoms with Crippen LogP contribution in [0.2, 0.25) is 0 Å². The van der Waals surface area contributed by atoms with Gasteiger partial charge in [0.1, 0.15) is 0 Å². The van der Waals surface area contributed by atoms with E-state index in [1.807, 2.05) is 24.0 Å². The summed E-state index contributed by atoms with van der Waals surface area (Å²) in [6, 6.07) is 3.84. The van der Waals surface area contributed by atoms with E-state index < -0.39 is 0 Å². The summed E-state index contributed by atoms with van der Waals surface area (Å²) in [7, 11) is 0. The van der Waals surface area contributed by atoms with Gasteiger partial charge in [-0.2, -0.15) is 5.21 Å². The largest absolute Gasteiger partial charge is 0.341 e. The van der Waals surface area contributed by atoms with Gasteiger partial charge < -0.3 is 4.90 Å². The molecule has 0 saturated heterocycles. The normalized spacial score (nSPS) is 11.5. The Hall–Kier alpha value is -2.31. The maximum atomic E-state index is 12.7. The van der Waals surface area contributed by atoms with Crippen LogP contribution in [0.5, 0.6) is 0 Å². The summed E-state index contributed by atoms with van der Waals surface area (Å²) < 4.78 is 0. The predicted octanol–water partition coefficient (Wildman–Crippen LogP) is 1.56. The molecule has 7 nitrogen and oxygen atoms in total. The van der Waals surface area contributed by atoms with Crippen molar-refractivity contribution in [2.75, 3.05) is 13.1 Å². The third-order valence-corrected chi connectivity index (χ3v) is 3.33. The van der Waals surface area contributed by atoms with E-state index in [2.05, 4.69) is 46.4 Å². The van der Waals surface area contributed by atoms with Gasteiger partial charge in [-0.05, 0) is 30.0 Å². The number of H-pyrrole nitrogens is 1. The molecule has 0 atom stereocenters. The summed E-state index contributed by atoms with van der Waals surface area (Å²) in [6.07, 6.45) is 2.71. The number of tetrazole rings is 1. The van der Waals surface area contributed by atoms with Gasteiger partial charge in [0.05, 0.1) is 6.42 Å². The van der Waals surface area contributed by atoms with Crippen molar-refractivity contribution in [1.82, 2.24) is 30.5 Å². The molecule has 1 amide bonds. The Morgan fingerprint density at radius 2 is 2.13 bits per heavy atom.